The molecule has 0 saturated heterocycles. The molecule has 0 aromatic heterocycles. The number of carbonyl (C=O) groups is 1. The van der Waals surface area contributed by atoms with Crippen molar-refractivity contribution in [2.24, 2.45) is 0 Å². The van der Waals surface area contributed by atoms with Crippen molar-refractivity contribution in [2.45, 2.75) is 18.8 Å². The van der Waals surface area contributed by atoms with Gasteiger partial charge in [-0.25, -0.2) is 4.79 Å². The number of benzene rings is 4. The van der Waals surface area contributed by atoms with E-state index in [1.165, 1.54) is 22.3 Å². The zero-order chi connectivity index (χ0) is 24.9. The molecule has 0 bridgehead atoms. The Hall–Kier alpha value is -3.93. The van der Waals surface area contributed by atoms with E-state index in [1.807, 2.05) is 72.8 Å². The minimum atomic E-state index is -0.426. The van der Waals surface area contributed by atoms with E-state index in [2.05, 4.69) is 29.6 Å². The molecular formula is C31H29NO4. The first-order chi connectivity index (χ1) is 17.7. The van der Waals surface area contributed by atoms with E-state index in [0.717, 1.165) is 22.3 Å². The van der Waals surface area contributed by atoms with Gasteiger partial charge in [0.15, 0.2) is 6.29 Å². The summed E-state index contributed by atoms with van der Waals surface area (Å²) >= 11 is 0. The number of rotatable bonds is 8. The molecule has 1 N–H and O–H groups in total. The van der Waals surface area contributed by atoms with Crippen LogP contribution in [-0.4, -0.2) is 26.9 Å². The van der Waals surface area contributed by atoms with Gasteiger partial charge < -0.3 is 19.5 Å². The number of nitrogens with one attached hydrogen (secondary N) is 1. The Morgan fingerprint density at radius 1 is 0.750 bits per heavy atom. The molecule has 1 aliphatic rings. The van der Waals surface area contributed by atoms with E-state index in [9.17, 15) is 4.79 Å². The molecule has 0 saturated carbocycles. The lowest BCUT2D eigenvalue weighted by Gasteiger charge is -2.16. The quantitative estimate of drug-likeness (QED) is 0.286. The molecule has 0 fully saturated rings. The average Bonchev–Trinajstić information content (AvgIpc) is 3.25. The lowest BCUT2D eigenvalue weighted by molar-refractivity contribution is -0.106. The number of fused-ring (bicyclic) bond motifs is 3. The highest BCUT2D eigenvalue weighted by atomic mass is 16.7. The Kier molecular flexibility index (Phi) is 7.12. The van der Waals surface area contributed by atoms with Gasteiger partial charge in [0.2, 0.25) is 0 Å². The number of ether oxygens (including phenoxy) is 3. The Balaban J connectivity index is 1.24. The van der Waals surface area contributed by atoms with Crippen LogP contribution in [0.5, 0.6) is 0 Å². The monoisotopic (exact) mass is 479 g/mol. The molecule has 5 rings (SSSR count). The Morgan fingerprint density at radius 3 is 1.92 bits per heavy atom. The van der Waals surface area contributed by atoms with Crippen molar-refractivity contribution in [1.29, 1.82) is 0 Å². The van der Waals surface area contributed by atoms with Crippen LogP contribution >= 0.6 is 0 Å². The highest BCUT2D eigenvalue weighted by molar-refractivity contribution is 5.79. The van der Waals surface area contributed by atoms with Crippen LogP contribution in [0.3, 0.4) is 0 Å². The number of methoxy groups -OCH3 is 2. The summed E-state index contributed by atoms with van der Waals surface area (Å²) in [6.07, 6.45) is -0.824. The molecule has 0 heterocycles. The van der Waals surface area contributed by atoms with E-state index >= 15 is 0 Å². The van der Waals surface area contributed by atoms with Gasteiger partial charge in [-0.3, -0.25) is 0 Å². The molecule has 0 atom stereocenters. The van der Waals surface area contributed by atoms with Gasteiger partial charge in [-0.05, 0) is 38.9 Å². The summed E-state index contributed by atoms with van der Waals surface area (Å²) < 4.78 is 16.4. The molecule has 0 aliphatic heterocycles. The largest absolute Gasteiger partial charge is 0.449 e. The number of hydrogen-bond acceptors (Lipinski definition) is 4. The fraction of sp³-hybridized carbons (Fsp3) is 0.194. The van der Waals surface area contributed by atoms with Crippen molar-refractivity contribution >= 4 is 6.09 Å². The second kappa shape index (κ2) is 10.8. The van der Waals surface area contributed by atoms with Gasteiger partial charge in [0.25, 0.3) is 0 Å². The lowest BCUT2D eigenvalue weighted by Crippen LogP contribution is -2.25. The number of alkyl carbamates (subject to hydrolysis) is 1. The van der Waals surface area contributed by atoms with Gasteiger partial charge in [0.05, 0.1) is 0 Å². The van der Waals surface area contributed by atoms with E-state index in [1.54, 1.807) is 14.2 Å². The van der Waals surface area contributed by atoms with Gasteiger partial charge >= 0.3 is 6.09 Å². The van der Waals surface area contributed by atoms with E-state index < -0.39 is 12.4 Å². The predicted molar refractivity (Wildman–Crippen MR) is 141 cm³/mol. The van der Waals surface area contributed by atoms with Crippen molar-refractivity contribution in [2.75, 3.05) is 20.8 Å². The summed E-state index contributed by atoms with van der Waals surface area (Å²) in [7, 11) is 3.23. The molecule has 36 heavy (non-hydrogen) atoms. The molecule has 4 aromatic carbocycles. The summed E-state index contributed by atoms with van der Waals surface area (Å²) in [6, 6.07) is 32.7. The van der Waals surface area contributed by atoms with Crippen molar-refractivity contribution in [3.05, 3.63) is 119 Å². The summed E-state index contributed by atoms with van der Waals surface area (Å²) in [6.45, 7) is 0.663. The molecule has 182 valence electrons. The average molecular weight is 480 g/mol. The molecule has 1 aliphatic carbocycles. The van der Waals surface area contributed by atoms with E-state index in [-0.39, 0.29) is 5.92 Å². The molecule has 0 radical (unpaired) electrons. The third-order valence-electron chi connectivity index (χ3n) is 6.71. The van der Waals surface area contributed by atoms with Crippen LogP contribution in [0.25, 0.3) is 22.3 Å². The number of amides is 1. The smallest absolute Gasteiger partial charge is 0.407 e. The molecule has 5 heteroatoms. The fourth-order valence-corrected chi connectivity index (χ4v) is 4.96. The molecule has 1 amide bonds. The van der Waals surface area contributed by atoms with Crippen LogP contribution < -0.4 is 5.32 Å². The second-order valence-corrected chi connectivity index (χ2v) is 8.76. The molecule has 4 aromatic rings. The van der Waals surface area contributed by atoms with Crippen LogP contribution in [-0.2, 0) is 20.8 Å². The highest BCUT2D eigenvalue weighted by Gasteiger charge is 2.29. The normalized spacial score (nSPS) is 12.3. The first kappa shape index (κ1) is 23.8. The van der Waals surface area contributed by atoms with E-state index in [4.69, 9.17) is 14.2 Å². The van der Waals surface area contributed by atoms with Crippen LogP contribution in [0.15, 0.2) is 97.1 Å². The van der Waals surface area contributed by atoms with Crippen LogP contribution in [0.2, 0.25) is 0 Å². The lowest BCUT2D eigenvalue weighted by atomic mass is 9.98. The van der Waals surface area contributed by atoms with Crippen molar-refractivity contribution in [3.8, 4) is 22.3 Å². The van der Waals surface area contributed by atoms with Gasteiger partial charge in [-0.15, -0.1) is 0 Å². The highest BCUT2D eigenvalue weighted by Crippen LogP contribution is 2.44. The van der Waals surface area contributed by atoms with Crippen LogP contribution in [0.4, 0.5) is 4.79 Å². The first-order valence-electron chi connectivity index (χ1n) is 12.0. The third-order valence-corrected chi connectivity index (χ3v) is 6.71. The minimum Gasteiger partial charge on any atom is -0.449 e. The van der Waals surface area contributed by atoms with Gasteiger partial charge in [-0.2, -0.15) is 0 Å². The van der Waals surface area contributed by atoms with Gasteiger partial charge in [-0.1, -0.05) is 97.1 Å². The summed E-state index contributed by atoms with van der Waals surface area (Å²) in [5, 5.41) is 2.93. The molecule has 0 spiro atoms. The summed E-state index contributed by atoms with van der Waals surface area (Å²) in [4.78, 5) is 12.7. The van der Waals surface area contributed by atoms with Crippen molar-refractivity contribution < 1.29 is 19.0 Å². The van der Waals surface area contributed by atoms with Crippen LogP contribution in [0, 0.1) is 0 Å². The van der Waals surface area contributed by atoms with Gasteiger partial charge in [0, 0.05) is 32.2 Å². The second-order valence-electron chi connectivity index (χ2n) is 8.76. The molecule has 5 nitrogen and oxygen atoms in total. The predicted octanol–water partition coefficient (Wildman–Crippen LogP) is 6.68. The van der Waals surface area contributed by atoms with Crippen LogP contribution in [0.1, 0.15) is 34.5 Å². The number of hydrogen-bond donors (Lipinski definition) is 1. The Morgan fingerprint density at radius 2 is 1.31 bits per heavy atom. The third kappa shape index (κ3) is 4.76. The first-order valence-corrected chi connectivity index (χ1v) is 12.0. The zero-order valence-corrected chi connectivity index (χ0v) is 20.4. The van der Waals surface area contributed by atoms with Crippen molar-refractivity contribution in [3.63, 3.8) is 0 Å². The maximum Gasteiger partial charge on any atom is 0.407 e. The fourth-order valence-electron chi connectivity index (χ4n) is 4.96. The standard InChI is InChI=1S/C31H29NO4/c1-34-30(35-2)22-17-15-21(16-18-22)24-10-4-3-9-23(24)19-32-31(33)36-20-29-27-13-7-5-11-25(27)26-12-6-8-14-28(26)29/h3-18,29-30H,19-20H2,1-2H3,(H,32,33). The summed E-state index contributed by atoms with van der Waals surface area (Å²) in [5.74, 6) is 0.0389. The molecule has 0 unspecified atom stereocenters. The topological polar surface area (TPSA) is 56.8 Å². The maximum absolute atomic E-state index is 12.7. The summed E-state index contributed by atoms with van der Waals surface area (Å²) in [5.41, 5.74) is 8.87. The van der Waals surface area contributed by atoms with Crippen molar-refractivity contribution in [1.82, 2.24) is 5.32 Å². The zero-order valence-electron chi connectivity index (χ0n) is 20.4. The minimum absolute atomic E-state index is 0.0389. The Bertz CT molecular complexity index is 1300. The Labute approximate surface area is 211 Å². The SMILES string of the molecule is COC(OC)c1ccc(-c2ccccc2CNC(=O)OCC2c3ccccc3-c3ccccc32)cc1. The van der Waals surface area contributed by atoms with Gasteiger partial charge in [0.1, 0.15) is 6.61 Å². The number of carbonyl (C=O) groups excluding carboxylic acids is 1. The molecular weight excluding hydrogens is 450 g/mol. The maximum atomic E-state index is 12.7. The van der Waals surface area contributed by atoms with E-state index in [0.29, 0.717) is 13.2 Å².